The smallest absolute Gasteiger partial charge is 0.323 e. The van der Waals surface area contributed by atoms with Crippen molar-refractivity contribution in [2.24, 2.45) is 0 Å². The average molecular weight is 466 g/mol. The van der Waals surface area contributed by atoms with Crippen molar-refractivity contribution in [1.82, 2.24) is 20.0 Å². The minimum absolute atomic E-state index is 0.250. The first-order chi connectivity index (χ1) is 14.8. The van der Waals surface area contributed by atoms with Crippen LogP contribution in [0, 0.1) is 0 Å². The number of carbonyl (C=O) groups excluding carboxylic acids is 3. The van der Waals surface area contributed by atoms with E-state index in [1.54, 1.807) is 24.3 Å². The van der Waals surface area contributed by atoms with Gasteiger partial charge in [-0.1, -0.05) is 56.0 Å². The van der Waals surface area contributed by atoms with E-state index in [1.165, 1.54) is 10.9 Å². The maximum Gasteiger partial charge on any atom is 0.325 e. The van der Waals surface area contributed by atoms with Crippen LogP contribution >= 0.6 is 23.2 Å². The van der Waals surface area contributed by atoms with Gasteiger partial charge in [0.25, 0.3) is 5.91 Å². The molecule has 1 aliphatic rings. The number of benzene rings is 1. The molecule has 0 atom stereocenters. The molecule has 3 rings (SSSR count). The molecule has 1 aromatic heterocycles. The molecule has 0 bridgehead atoms. The van der Waals surface area contributed by atoms with E-state index in [9.17, 15) is 14.4 Å². The van der Waals surface area contributed by atoms with Crippen molar-refractivity contribution in [1.29, 1.82) is 0 Å². The highest BCUT2D eigenvalue weighted by Gasteiger charge is 2.50. The molecule has 31 heavy (non-hydrogen) atoms. The standard InChI is InChI=1S/C21H25Cl2N5O3/c1-3-9-21(10-4-2)19(30)27(20(31)26-21)13-18(29)25-17-8-11-24-28(17)12-14-15(22)6-5-7-16(14)23/h5-8,11H,3-4,9-10,12-13H2,1-2H3,(H,25,29)(H,26,31). The van der Waals surface area contributed by atoms with Gasteiger partial charge in [-0.05, 0) is 25.0 Å². The molecule has 0 radical (unpaired) electrons. The quantitative estimate of drug-likeness (QED) is 0.545. The van der Waals surface area contributed by atoms with E-state index in [0.717, 1.165) is 17.7 Å². The van der Waals surface area contributed by atoms with Gasteiger partial charge in [-0.3, -0.25) is 14.5 Å². The van der Waals surface area contributed by atoms with E-state index in [2.05, 4.69) is 15.7 Å². The van der Waals surface area contributed by atoms with Crippen LogP contribution in [0.15, 0.2) is 30.5 Å². The molecule has 2 aromatic rings. The second-order valence-corrected chi connectivity index (χ2v) is 8.34. The molecule has 0 unspecified atom stereocenters. The fourth-order valence-corrected chi connectivity index (χ4v) is 4.38. The van der Waals surface area contributed by atoms with Crippen LogP contribution < -0.4 is 10.6 Å². The molecule has 4 amide bonds. The van der Waals surface area contributed by atoms with E-state index in [4.69, 9.17) is 23.2 Å². The number of carbonyl (C=O) groups is 3. The molecular weight excluding hydrogens is 441 g/mol. The van der Waals surface area contributed by atoms with Crippen LogP contribution in [0.4, 0.5) is 10.6 Å². The highest BCUT2D eigenvalue weighted by atomic mass is 35.5. The molecular formula is C21H25Cl2N5O3. The number of anilines is 1. The second-order valence-electron chi connectivity index (χ2n) is 7.53. The molecule has 10 heteroatoms. The van der Waals surface area contributed by atoms with Crippen molar-refractivity contribution in [3.8, 4) is 0 Å². The highest BCUT2D eigenvalue weighted by molar-refractivity contribution is 6.36. The Kier molecular flexibility index (Phi) is 7.23. The van der Waals surface area contributed by atoms with Crippen molar-refractivity contribution in [3.63, 3.8) is 0 Å². The van der Waals surface area contributed by atoms with E-state index in [0.29, 0.717) is 34.3 Å². The van der Waals surface area contributed by atoms with Crippen molar-refractivity contribution in [2.45, 2.75) is 51.6 Å². The molecule has 0 aliphatic carbocycles. The van der Waals surface area contributed by atoms with Crippen molar-refractivity contribution < 1.29 is 14.4 Å². The number of aromatic nitrogens is 2. The Hall–Kier alpha value is -2.58. The van der Waals surface area contributed by atoms with Crippen molar-refractivity contribution >= 4 is 46.9 Å². The lowest BCUT2D eigenvalue weighted by Gasteiger charge is -2.25. The zero-order valence-corrected chi connectivity index (χ0v) is 19.0. The van der Waals surface area contributed by atoms with Crippen LogP contribution in [0.25, 0.3) is 0 Å². The van der Waals surface area contributed by atoms with Crippen LogP contribution in [0.5, 0.6) is 0 Å². The Morgan fingerprint density at radius 3 is 2.39 bits per heavy atom. The summed E-state index contributed by atoms with van der Waals surface area (Å²) in [5.41, 5.74) is -0.258. The number of nitrogens with zero attached hydrogens (tertiary/aromatic N) is 3. The molecule has 1 saturated heterocycles. The first-order valence-corrected chi connectivity index (χ1v) is 11.0. The second kappa shape index (κ2) is 9.70. The molecule has 1 aliphatic heterocycles. The average Bonchev–Trinajstić information content (AvgIpc) is 3.23. The molecule has 1 aromatic carbocycles. The van der Waals surface area contributed by atoms with Gasteiger partial charge in [0.1, 0.15) is 17.9 Å². The van der Waals surface area contributed by atoms with E-state index < -0.39 is 17.5 Å². The van der Waals surface area contributed by atoms with Crippen LogP contribution in [0.1, 0.15) is 45.1 Å². The fourth-order valence-electron chi connectivity index (χ4n) is 3.86. The third-order valence-corrected chi connectivity index (χ3v) is 5.96. The largest absolute Gasteiger partial charge is 0.325 e. The first-order valence-electron chi connectivity index (χ1n) is 10.2. The van der Waals surface area contributed by atoms with Gasteiger partial charge < -0.3 is 10.6 Å². The minimum atomic E-state index is -0.927. The lowest BCUT2D eigenvalue weighted by Crippen LogP contribution is -2.47. The normalized spacial score (nSPS) is 15.3. The summed E-state index contributed by atoms with van der Waals surface area (Å²) in [6.07, 6.45) is 4.09. The summed E-state index contributed by atoms with van der Waals surface area (Å²) in [6.45, 7) is 3.79. The number of urea groups is 1. The molecule has 1 fully saturated rings. The first kappa shape index (κ1) is 23.1. The Labute approximate surface area is 190 Å². The maximum absolute atomic E-state index is 13.0. The zero-order valence-electron chi connectivity index (χ0n) is 17.5. The molecule has 2 heterocycles. The van der Waals surface area contributed by atoms with Gasteiger partial charge in [0.15, 0.2) is 0 Å². The number of imide groups is 1. The number of nitrogens with one attached hydrogen (secondary N) is 2. The van der Waals surface area contributed by atoms with Crippen LogP contribution in [0.3, 0.4) is 0 Å². The topological polar surface area (TPSA) is 96.3 Å². The van der Waals surface area contributed by atoms with Gasteiger partial charge in [0, 0.05) is 21.7 Å². The van der Waals surface area contributed by atoms with Gasteiger partial charge in [0.2, 0.25) is 5.91 Å². The summed E-state index contributed by atoms with van der Waals surface area (Å²) in [4.78, 5) is 39.0. The van der Waals surface area contributed by atoms with Crippen molar-refractivity contribution in [3.05, 3.63) is 46.1 Å². The molecule has 2 N–H and O–H groups in total. The fraction of sp³-hybridized carbons (Fsp3) is 0.429. The maximum atomic E-state index is 13.0. The van der Waals surface area contributed by atoms with Crippen LogP contribution in [-0.2, 0) is 16.1 Å². The summed E-state index contributed by atoms with van der Waals surface area (Å²) in [6, 6.07) is 6.27. The zero-order chi connectivity index (χ0) is 22.6. The van der Waals surface area contributed by atoms with E-state index >= 15 is 0 Å². The number of hydrogen-bond acceptors (Lipinski definition) is 4. The Balaban J connectivity index is 1.70. The van der Waals surface area contributed by atoms with Crippen molar-refractivity contribution in [2.75, 3.05) is 11.9 Å². The van der Waals surface area contributed by atoms with Gasteiger partial charge in [-0.25, -0.2) is 9.48 Å². The van der Waals surface area contributed by atoms with Gasteiger partial charge in [-0.15, -0.1) is 0 Å². The van der Waals surface area contributed by atoms with Gasteiger partial charge in [0.05, 0.1) is 12.7 Å². The number of amides is 4. The lowest BCUT2D eigenvalue weighted by molar-refractivity contribution is -0.134. The summed E-state index contributed by atoms with van der Waals surface area (Å²) in [7, 11) is 0. The SMILES string of the molecule is CCCC1(CCC)NC(=O)N(CC(=O)Nc2ccnn2Cc2c(Cl)cccc2Cl)C1=O. The van der Waals surface area contributed by atoms with E-state index in [1.807, 2.05) is 13.8 Å². The number of hydrogen-bond donors (Lipinski definition) is 2. The Bertz CT molecular complexity index is 965. The third-order valence-electron chi connectivity index (χ3n) is 5.25. The third kappa shape index (κ3) is 4.85. The predicted molar refractivity (Wildman–Crippen MR) is 119 cm³/mol. The minimum Gasteiger partial charge on any atom is -0.323 e. The summed E-state index contributed by atoms with van der Waals surface area (Å²) < 4.78 is 1.54. The number of halogens is 2. The summed E-state index contributed by atoms with van der Waals surface area (Å²) in [5.74, 6) is -0.451. The van der Waals surface area contributed by atoms with Crippen LogP contribution in [-0.4, -0.2) is 44.6 Å². The van der Waals surface area contributed by atoms with Gasteiger partial charge >= 0.3 is 6.03 Å². The molecule has 0 saturated carbocycles. The summed E-state index contributed by atoms with van der Waals surface area (Å²) in [5, 5.41) is 10.7. The predicted octanol–water partition coefficient (Wildman–Crippen LogP) is 4.07. The summed E-state index contributed by atoms with van der Waals surface area (Å²) >= 11 is 12.5. The number of rotatable bonds is 9. The highest BCUT2D eigenvalue weighted by Crippen LogP contribution is 2.28. The van der Waals surface area contributed by atoms with E-state index in [-0.39, 0.29) is 19.0 Å². The molecule has 0 spiro atoms. The van der Waals surface area contributed by atoms with Crippen LogP contribution in [0.2, 0.25) is 10.0 Å². The molecule has 8 nitrogen and oxygen atoms in total. The Morgan fingerprint density at radius 2 is 1.77 bits per heavy atom. The molecule has 166 valence electrons. The Morgan fingerprint density at radius 1 is 1.13 bits per heavy atom. The van der Waals surface area contributed by atoms with Gasteiger partial charge in [-0.2, -0.15) is 5.10 Å². The monoisotopic (exact) mass is 465 g/mol. The lowest BCUT2D eigenvalue weighted by atomic mass is 9.88.